The van der Waals surface area contributed by atoms with Gasteiger partial charge in [-0.05, 0) is 79.2 Å². The second kappa shape index (κ2) is 18.1. The Kier molecular flexibility index (Phi) is 13.1. The van der Waals surface area contributed by atoms with Crippen molar-refractivity contribution in [1.82, 2.24) is 20.6 Å². The first kappa shape index (κ1) is 42.1. The highest BCUT2D eigenvalue weighted by Gasteiger charge is 2.54. The van der Waals surface area contributed by atoms with Gasteiger partial charge in [0.2, 0.25) is 5.91 Å². The third kappa shape index (κ3) is 9.07. The molecule has 12 heteroatoms. The summed E-state index contributed by atoms with van der Waals surface area (Å²) < 4.78 is 11.7. The van der Waals surface area contributed by atoms with Crippen LogP contribution in [0.2, 0.25) is 0 Å². The summed E-state index contributed by atoms with van der Waals surface area (Å²) in [6.45, 7) is 9.87. The highest BCUT2D eigenvalue weighted by atomic mass is 16.7. The molecule has 3 aromatic rings. The molecule has 314 valence electrons. The van der Waals surface area contributed by atoms with Crippen molar-refractivity contribution in [3.8, 4) is 16.9 Å². The molecule has 5 fully saturated rings. The second-order valence-electron chi connectivity index (χ2n) is 17.7. The van der Waals surface area contributed by atoms with Gasteiger partial charge in [0, 0.05) is 74.1 Å². The number of morpholine rings is 1. The van der Waals surface area contributed by atoms with E-state index < -0.39 is 24.2 Å². The topological polar surface area (TPSA) is 136 Å². The van der Waals surface area contributed by atoms with E-state index in [1.54, 1.807) is 19.1 Å². The summed E-state index contributed by atoms with van der Waals surface area (Å²) in [5.41, 5.74) is 5.19. The fourth-order valence-electron chi connectivity index (χ4n) is 9.91. The minimum Gasteiger partial charge on any atom is -0.496 e. The average molecular weight is 798 g/mol. The van der Waals surface area contributed by atoms with E-state index in [0.717, 1.165) is 53.9 Å². The van der Waals surface area contributed by atoms with E-state index in [2.05, 4.69) is 41.5 Å². The number of hydrogen-bond donors (Lipinski definition) is 4. The van der Waals surface area contributed by atoms with Gasteiger partial charge in [-0.2, -0.15) is 5.06 Å². The smallest absolute Gasteiger partial charge is 0.251 e. The molecule has 3 saturated carbocycles. The second-order valence-corrected chi connectivity index (χ2v) is 17.7. The zero-order valence-electron chi connectivity index (χ0n) is 35.0. The molecule has 2 bridgehead atoms. The Hall–Kier alpha value is -4.04. The molecule has 58 heavy (non-hydrogen) atoms. The van der Waals surface area contributed by atoms with Crippen molar-refractivity contribution in [3.05, 3.63) is 83.4 Å². The molecule has 3 aliphatic carbocycles. The van der Waals surface area contributed by atoms with Gasteiger partial charge in [0.15, 0.2) is 0 Å². The lowest BCUT2D eigenvalue weighted by molar-refractivity contribution is -0.182. The third-order valence-corrected chi connectivity index (χ3v) is 13.4. The number of carbonyl (C=O) groups is 2. The number of fused-ring (bicyclic) bond motifs is 2. The fraction of sp³-hybridized carbons (Fsp3) is 0.565. The minimum absolute atomic E-state index is 0.0650. The maximum atomic E-state index is 14.2. The number of aliphatic hydroxyl groups excluding tert-OH is 2. The van der Waals surface area contributed by atoms with Crippen LogP contribution >= 0.6 is 0 Å². The molecule has 0 aromatic heterocycles. The van der Waals surface area contributed by atoms with E-state index >= 15 is 0 Å². The molecule has 12 nitrogen and oxygen atoms in total. The molecule has 1 unspecified atom stereocenters. The van der Waals surface area contributed by atoms with Crippen LogP contribution in [-0.2, 0) is 27.3 Å². The van der Waals surface area contributed by atoms with Gasteiger partial charge in [-0.15, -0.1) is 0 Å². The molecule has 0 spiro atoms. The summed E-state index contributed by atoms with van der Waals surface area (Å²) >= 11 is 0. The molecule has 2 aliphatic heterocycles. The average Bonchev–Trinajstić information content (AvgIpc) is 3.60. The number of aliphatic hydroxyl groups is 2. The van der Waals surface area contributed by atoms with Gasteiger partial charge >= 0.3 is 0 Å². The monoisotopic (exact) mass is 797 g/mol. The number of anilines is 1. The molecular formula is C46H63N5O7. The standard InChI is InChI=1S/C46H63N5O7/c1-29(53)41-40(28-52)58-51(42(41)45(55)47-36-24-34-23-35(25-36)46(34,2)3)26-31-13-10-14-39(43(31)56-6)32-20-33(22-38(21-32)49(4)5)44(54)48-37(19-30-11-8-7-9-12-30)27-50-15-17-57-18-16-50/h7-14,20-22,29,34-37,40-42,52-53H,15-19,23-28H2,1-6H3,(H,47,55)(H,48,54)/t29-,34-,35+,36?,37-,40-,41+,42-/m0/s1. The van der Waals surface area contributed by atoms with Crippen molar-refractivity contribution in [2.24, 2.45) is 23.2 Å². The van der Waals surface area contributed by atoms with Crippen molar-refractivity contribution in [3.63, 3.8) is 0 Å². The summed E-state index contributed by atoms with van der Waals surface area (Å²) in [5, 5.41) is 29.6. The highest BCUT2D eigenvalue weighted by Crippen LogP contribution is 2.59. The Labute approximate surface area is 343 Å². The number of rotatable bonds is 15. The number of para-hydroxylation sites is 1. The van der Waals surface area contributed by atoms with Crippen LogP contribution in [0.25, 0.3) is 11.1 Å². The number of ether oxygens (including phenoxy) is 2. The van der Waals surface area contributed by atoms with Gasteiger partial charge in [0.1, 0.15) is 17.9 Å². The molecule has 0 radical (unpaired) electrons. The highest BCUT2D eigenvalue weighted by molar-refractivity contribution is 5.97. The first-order chi connectivity index (χ1) is 27.9. The Morgan fingerprint density at radius 2 is 1.72 bits per heavy atom. The molecule has 2 amide bonds. The molecule has 2 heterocycles. The first-order valence-corrected chi connectivity index (χ1v) is 21.0. The van der Waals surface area contributed by atoms with Crippen LogP contribution in [0, 0.1) is 23.2 Å². The van der Waals surface area contributed by atoms with E-state index in [1.807, 2.05) is 73.6 Å². The third-order valence-electron chi connectivity index (χ3n) is 13.4. The molecule has 5 aliphatic rings. The number of hydrogen-bond acceptors (Lipinski definition) is 10. The Morgan fingerprint density at radius 3 is 2.36 bits per heavy atom. The van der Waals surface area contributed by atoms with Crippen LogP contribution in [0.3, 0.4) is 0 Å². The van der Waals surface area contributed by atoms with Crippen molar-refractivity contribution in [1.29, 1.82) is 0 Å². The quantitative estimate of drug-likeness (QED) is 0.174. The lowest BCUT2D eigenvalue weighted by Crippen LogP contribution is -2.58. The lowest BCUT2D eigenvalue weighted by atomic mass is 9.48. The normalized spacial score (nSPS) is 26.6. The van der Waals surface area contributed by atoms with E-state index in [-0.39, 0.29) is 37.0 Å². The van der Waals surface area contributed by atoms with E-state index in [4.69, 9.17) is 14.3 Å². The summed E-state index contributed by atoms with van der Waals surface area (Å²) in [6.07, 6.45) is 2.14. The lowest BCUT2D eigenvalue weighted by Gasteiger charge is -2.59. The summed E-state index contributed by atoms with van der Waals surface area (Å²) in [4.78, 5) is 39.1. The SMILES string of the molecule is COc1c(CN2O[C@@H](CO)[C@@H]([C@H](C)O)[C@H]2C(=O)NC2C[C@@H]3C[C@H](C2)C3(C)C)cccc1-c1cc(C(=O)N[C@@H](Cc2ccccc2)CN2CCOCC2)cc(N(C)C)c1. The van der Waals surface area contributed by atoms with Crippen molar-refractivity contribution < 1.29 is 34.1 Å². The number of methoxy groups -OCH3 is 1. The van der Waals surface area contributed by atoms with Crippen molar-refractivity contribution in [2.45, 2.75) is 83.3 Å². The van der Waals surface area contributed by atoms with Gasteiger partial charge in [-0.3, -0.25) is 19.3 Å². The summed E-state index contributed by atoms with van der Waals surface area (Å²) in [5.74, 6) is 0.750. The van der Waals surface area contributed by atoms with Crippen molar-refractivity contribution in [2.75, 3.05) is 65.6 Å². The van der Waals surface area contributed by atoms with Gasteiger partial charge < -0.3 is 35.2 Å². The zero-order chi connectivity index (χ0) is 41.1. The Morgan fingerprint density at radius 1 is 1.00 bits per heavy atom. The Balaban J connectivity index is 1.15. The number of benzene rings is 3. The van der Waals surface area contributed by atoms with Crippen LogP contribution in [0.1, 0.15) is 61.5 Å². The number of amides is 2. The van der Waals surface area contributed by atoms with Gasteiger partial charge in [0.25, 0.3) is 5.91 Å². The van der Waals surface area contributed by atoms with Gasteiger partial charge in [-0.25, -0.2) is 0 Å². The predicted molar refractivity (Wildman–Crippen MR) is 224 cm³/mol. The van der Waals surface area contributed by atoms with E-state index in [0.29, 0.717) is 54.7 Å². The Bertz CT molecular complexity index is 1870. The summed E-state index contributed by atoms with van der Waals surface area (Å²) in [7, 11) is 5.52. The van der Waals surface area contributed by atoms with Crippen LogP contribution in [0.15, 0.2) is 66.7 Å². The number of nitrogens with zero attached hydrogens (tertiary/aromatic N) is 3. The maximum absolute atomic E-state index is 14.2. The number of nitrogens with one attached hydrogen (secondary N) is 2. The van der Waals surface area contributed by atoms with Crippen LogP contribution < -0.4 is 20.3 Å². The van der Waals surface area contributed by atoms with Gasteiger partial charge in [-0.1, -0.05) is 62.4 Å². The molecule has 8 atom stereocenters. The minimum atomic E-state index is -0.899. The number of carbonyl (C=O) groups excluding carboxylic acids is 2. The predicted octanol–water partition coefficient (Wildman–Crippen LogP) is 4.52. The molecule has 3 aromatic carbocycles. The molecule has 4 N–H and O–H groups in total. The molecular weight excluding hydrogens is 735 g/mol. The van der Waals surface area contributed by atoms with Crippen LogP contribution in [-0.4, -0.2) is 123 Å². The largest absolute Gasteiger partial charge is 0.496 e. The van der Waals surface area contributed by atoms with E-state index in [9.17, 15) is 19.8 Å². The fourth-order valence-corrected chi connectivity index (χ4v) is 9.91. The first-order valence-electron chi connectivity index (χ1n) is 21.0. The molecule has 2 saturated heterocycles. The van der Waals surface area contributed by atoms with Crippen molar-refractivity contribution >= 4 is 17.5 Å². The van der Waals surface area contributed by atoms with Gasteiger partial charge in [0.05, 0.1) is 39.6 Å². The maximum Gasteiger partial charge on any atom is 0.251 e. The zero-order valence-corrected chi connectivity index (χ0v) is 35.0. The summed E-state index contributed by atoms with van der Waals surface area (Å²) in [6, 6.07) is 21.1. The van der Waals surface area contributed by atoms with Crippen LogP contribution in [0.4, 0.5) is 5.69 Å². The van der Waals surface area contributed by atoms with E-state index in [1.165, 1.54) is 6.42 Å². The molecule has 8 rings (SSSR count). The van der Waals surface area contributed by atoms with Crippen LogP contribution in [0.5, 0.6) is 5.75 Å². The number of hydroxylamine groups is 2.